The van der Waals surface area contributed by atoms with Gasteiger partial charge in [0.05, 0.1) is 17.8 Å². The van der Waals surface area contributed by atoms with Crippen molar-refractivity contribution < 1.29 is 4.79 Å². The molecule has 2 heterocycles. The predicted molar refractivity (Wildman–Crippen MR) is 119 cm³/mol. The summed E-state index contributed by atoms with van der Waals surface area (Å²) in [4.78, 5) is 12.6. The van der Waals surface area contributed by atoms with Gasteiger partial charge in [-0.05, 0) is 47.9 Å². The molecule has 1 aliphatic heterocycles. The number of benzene rings is 2. The van der Waals surface area contributed by atoms with E-state index in [1.807, 2.05) is 24.4 Å². The van der Waals surface area contributed by atoms with Crippen LogP contribution >= 0.6 is 0 Å². The Morgan fingerprint density at radius 2 is 1.77 bits per heavy atom. The molecule has 1 aliphatic carbocycles. The summed E-state index contributed by atoms with van der Waals surface area (Å²) < 4.78 is 0. The van der Waals surface area contributed by atoms with E-state index in [4.69, 9.17) is 0 Å². The summed E-state index contributed by atoms with van der Waals surface area (Å²) in [5.41, 5.74) is 5.26. The van der Waals surface area contributed by atoms with E-state index in [1.165, 1.54) is 0 Å². The number of carbonyl (C=O) groups is 1. The van der Waals surface area contributed by atoms with Crippen LogP contribution < -0.4 is 10.6 Å². The van der Waals surface area contributed by atoms with Crippen LogP contribution in [0.4, 0.5) is 0 Å². The summed E-state index contributed by atoms with van der Waals surface area (Å²) in [6.45, 7) is 0. The molecule has 31 heavy (non-hydrogen) atoms. The number of amides is 1. The lowest BCUT2D eigenvalue weighted by atomic mass is 9.98. The molecule has 2 aromatic carbocycles. The fraction of sp³-hybridized carbons (Fsp3) is 0.320. The number of hydrogen-bond donors (Lipinski definition) is 3. The van der Waals surface area contributed by atoms with Gasteiger partial charge >= 0.3 is 0 Å². The van der Waals surface area contributed by atoms with Gasteiger partial charge in [-0.1, -0.05) is 48.5 Å². The number of carbonyl (C=O) groups excluding carboxylic acids is 1. The van der Waals surface area contributed by atoms with Crippen LogP contribution in [0.3, 0.4) is 0 Å². The van der Waals surface area contributed by atoms with Gasteiger partial charge in [-0.3, -0.25) is 9.89 Å². The maximum absolute atomic E-state index is 12.6. The van der Waals surface area contributed by atoms with Gasteiger partial charge in [0.1, 0.15) is 6.04 Å². The molecule has 4 atom stereocenters. The highest BCUT2D eigenvalue weighted by atomic mass is 16.2. The lowest BCUT2D eigenvalue weighted by Crippen LogP contribution is -2.50. The van der Waals surface area contributed by atoms with E-state index >= 15 is 0 Å². The highest BCUT2D eigenvalue weighted by Gasteiger charge is 2.43. The monoisotopic (exact) mass is 411 g/mol. The molecule has 6 heteroatoms. The molecule has 1 saturated heterocycles. The van der Waals surface area contributed by atoms with E-state index in [0.29, 0.717) is 18.4 Å². The average molecular weight is 412 g/mol. The summed E-state index contributed by atoms with van der Waals surface area (Å²) in [5.74, 6) is 0.385. The summed E-state index contributed by atoms with van der Waals surface area (Å²) in [5, 5.41) is 22.9. The molecule has 1 saturated carbocycles. The van der Waals surface area contributed by atoms with Crippen LogP contribution in [0.15, 0.2) is 60.8 Å². The Balaban J connectivity index is 1.21. The molecule has 2 fully saturated rings. The van der Waals surface area contributed by atoms with Crippen molar-refractivity contribution in [3.05, 3.63) is 66.4 Å². The second-order valence-corrected chi connectivity index (χ2v) is 8.54. The van der Waals surface area contributed by atoms with Gasteiger partial charge in [-0.25, -0.2) is 0 Å². The number of nitriles is 1. The SMILES string of the molecule is N#C[C@H](Cc1ccc(-c2ccc(-c3cc[nH]n3)cc2)cc1)NC(=O)[C@H]1N[C@@H]2CC[C@H]1C2. The van der Waals surface area contributed by atoms with Crippen LogP contribution in [0.1, 0.15) is 24.8 Å². The number of piperidine rings is 1. The van der Waals surface area contributed by atoms with Gasteiger partial charge in [0.15, 0.2) is 0 Å². The third-order valence-electron chi connectivity index (χ3n) is 6.52. The third kappa shape index (κ3) is 4.10. The standard InChI is InChI=1S/C25H25N5O/c26-15-22(29-25(31)24-20-9-10-21(14-20)28-24)13-16-1-3-17(4-2-16)18-5-7-19(8-6-18)23-11-12-27-30-23/h1-8,11-12,20-22,24,28H,9-10,13-14H2,(H,27,30)(H,29,31)/t20-,21+,22-,24-/m0/s1. The van der Waals surface area contributed by atoms with Gasteiger partial charge < -0.3 is 10.6 Å². The first-order valence-corrected chi connectivity index (χ1v) is 10.8. The Morgan fingerprint density at radius 1 is 1.06 bits per heavy atom. The second-order valence-electron chi connectivity index (χ2n) is 8.54. The van der Waals surface area contributed by atoms with E-state index in [0.717, 1.165) is 47.2 Å². The first kappa shape index (κ1) is 19.5. The van der Waals surface area contributed by atoms with Crippen molar-refractivity contribution in [3.8, 4) is 28.5 Å². The maximum Gasteiger partial charge on any atom is 0.238 e. The molecule has 0 radical (unpaired) electrons. The zero-order valence-electron chi connectivity index (χ0n) is 17.2. The molecule has 5 rings (SSSR count). The second kappa shape index (κ2) is 8.37. The van der Waals surface area contributed by atoms with Crippen LogP contribution in [0.5, 0.6) is 0 Å². The molecule has 2 bridgehead atoms. The normalized spacial score (nSPS) is 22.7. The van der Waals surface area contributed by atoms with Gasteiger partial charge in [0, 0.05) is 24.2 Å². The molecular formula is C25H25N5O. The van der Waals surface area contributed by atoms with Crippen molar-refractivity contribution in [2.75, 3.05) is 0 Å². The quantitative estimate of drug-likeness (QED) is 0.579. The number of aromatic amines is 1. The average Bonchev–Trinajstić information content (AvgIpc) is 3.58. The summed E-state index contributed by atoms with van der Waals surface area (Å²) >= 11 is 0. The lowest BCUT2D eigenvalue weighted by molar-refractivity contribution is -0.124. The highest BCUT2D eigenvalue weighted by molar-refractivity contribution is 5.83. The van der Waals surface area contributed by atoms with E-state index in [9.17, 15) is 10.1 Å². The Labute approximate surface area is 181 Å². The predicted octanol–water partition coefficient (Wildman–Crippen LogP) is 3.44. The molecule has 156 valence electrons. The third-order valence-corrected chi connectivity index (χ3v) is 6.52. The van der Waals surface area contributed by atoms with Gasteiger partial charge in [-0.2, -0.15) is 10.4 Å². The number of nitrogens with one attached hydrogen (secondary N) is 3. The van der Waals surface area contributed by atoms with Crippen LogP contribution in [0.25, 0.3) is 22.4 Å². The highest BCUT2D eigenvalue weighted by Crippen LogP contribution is 2.35. The van der Waals surface area contributed by atoms with E-state index in [-0.39, 0.29) is 11.9 Å². The molecule has 0 unspecified atom stereocenters. The van der Waals surface area contributed by atoms with Crippen molar-refractivity contribution in [2.24, 2.45) is 5.92 Å². The zero-order chi connectivity index (χ0) is 21.2. The van der Waals surface area contributed by atoms with Crippen LogP contribution in [0.2, 0.25) is 0 Å². The van der Waals surface area contributed by atoms with Gasteiger partial charge in [-0.15, -0.1) is 0 Å². The minimum Gasteiger partial charge on any atom is -0.339 e. The van der Waals surface area contributed by atoms with E-state index in [2.05, 4.69) is 63.3 Å². The zero-order valence-corrected chi connectivity index (χ0v) is 17.2. The Morgan fingerprint density at radius 3 is 2.35 bits per heavy atom. The van der Waals surface area contributed by atoms with Crippen molar-refractivity contribution in [3.63, 3.8) is 0 Å². The first-order valence-electron chi connectivity index (χ1n) is 10.8. The number of hydrogen-bond acceptors (Lipinski definition) is 4. The van der Waals surface area contributed by atoms with E-state index in [1.54, 1.807) is 0 Å². The Kier molecular flexibility index (Phi) is 5.27. The molecule has 3 N–H and O–H groups in total. The summed E-state index contributed by atoms with van der Waals surface area (Å²) in [6.07, 6.45) is 5.67. The molecule has 2 aliphatic rings. The summed E-state index contributed by atoms with van der Waals surface area (Å²) in [6, 6.07) is 20.5. The fourth-order valence-electron chi connectivity index (χ4n) is 4.86. The summed E-state index contributed by atoms with van der Waals surface area (Å²) in [7, 11) is 0. The number of aromatic nitrogens is 2. The lowest BCUT2D eigenvalue weighted by Gasteiger charge is -2.23. The molecule has 0 spiro atoms. The number of nitrogens with zero attached hydrogens (tertiary/aromatic N) is 2. The van der Waals surface area contributed by atoms with Gasteiger partial charge in [0.25, 0.3) is 0 Å². The Hall–Kier alpha value is -3.43. The van der Waals surface area contributed by atoms with Crippen molar-refractivity contribution in [2.45, 2.75) is 43.8 Å². The fourth-order valence-corrected chi connectivity index (χ4v) is 4.86. The van der Waals surface area contributed by atoms with Crippen LogP contribution in [-0.4, -0.2) is 34.2 Å². The molecule has 1 aromatic heterocycles. The molecule has 1 amide bonds. The van der Waals surface area contributed by atoms with E-state index < -0.39 is 6.04 Å². The largest absolute Gasteiger partial charge is 0.339 e. The minimum atomic E-state index is -0.521. The number of H-pyrrole nitrogens is 1. The van der Waals surface area contributed by atoms with Gasteiger partial charge in [0.2, 0.25) is 5.91 Å². The molecular weight excluding hydrogens is 386 g/mol. The minimum absolute atomic E-state index is 0.0348. The van der Waals surface area contributed by atoms with Crippen molar-refractivity contribution >= 4 is 5.91 Å². The number of rotatable bonds is 6. The smallest absolute Gasteiger partial charge is 0.238 e. The van der Waals surface area contributed by atoms with Crippen molar-refractivity contribution in [1.82, 2.24) is 20.8 Å². The first-order chi connectivity index (χ1) is 15.2. The number of fused-ring (bicyclic) bond motifs is 2. The maximum atomic E-state index is 12.6. The molecule has 3 aromatic rings. The van der Waals surface area contributed by atoms with Crippen LogP contribution in [0, 0.1) is 17.2 Å². The molecule has 6 nitrogen and oxygen atoms in total. The topological polar surface area (TPSA) is 93.6 Å². The Bertz CT molecular complexity index is 1080. The van der Waals surface area contributed by atoms with Crippen LogP contribution in [-0.2, 0) is 11.2 Å². The van der Waals surface area contributed by atoms with Crippen molar-refractivity contribution in [1.29, 1.82) is 5.26 Å².